The fourth-order valence-electron chi connectivity index (χ4n) is 1.75. The molecule has 100 valence electrons. The normalized spacial score (nSPS) is 14.6. The smallest absolute Gasteiger partial charge is 0.299 e. The van der Waals surface area contributed by atoms with Crippen molar-refractivity contribution < 1.29 is 4.74 Å². The maximum Gasteiger partial charge on any atom is 0.299 e. The second-order valence-corrected chi connectivity index (χ2v) is 5.99. The lowest BCUT2D eigenvalue weighted by Crippen LogP contribution is -2.14. The van der Waals surface area contributed by atoms with Crippen molar-refractivity contribution in [3.05, 3.63) is 34.3 Å². The van der Waals surface area contributed by atoms with Crippen LogP contribution in [0.5, 0.6) is 10.9 Å². The summed E-state index contributed by atoms with van der Waals surface area (Å²) in [6.45, 7) is 4.96. The Morgan fingerprint density at radius 1 is 1.26 bits per heavy atom. The molecule has 2 aromatic rings. The standard InChI is InChI=1S/C14H17N3OS/c1-9-3-6-12(7-10(9)2)18-14-17-16-13(19-14)8-15-11-4-5-11/h3,6-7,11,15H,4-5,8H2,1-2H3. The number of rotatable bonds is 5. The van der Waals surface area contributed by atoms with E-state index >= 15 is 0 Å². The molecule has 0 radical (unpaired) electrons. The van der Waals surface area contributed by atoms with Gasteiger partial charge in [-0.3, -0.25) is 0 Å². The molecule has 0 atom stereocenters. The lowest BCUT2D eigenvalue weighted by Gasteiger charge is -2.04. The van der Waals surface area contributed by atoms with Crippen molar-refractivity contribution in [1.82, 2.24) is 15.5 Å². The van der Waals surface area contributed by atoms with Crippen LogP contribution in [0.1, 0.15) is 29.0 Å². The van der Waals surface area contributed by atoms with Gasteiger partial charge in [0.25, 0.3) is 5.19 Å². The Balaban J connectivity index is 1.63. The molecule has 1 aliphatic rings. The number of aryl methyl sites for hydroxylation is 2. The van der Waals surface area contributed by atoms with Crippen molar-refractivity contribution in [2.75, 3.05) is 0 Å². The molecule has 0 saturated heterocycles. The summed E-state index contributed by atoms with van der Waals surface area (Å²) < 4.78 is 5.73. The molecule has 1 heterocycles. The van der Waals surface area contributed by atoms with Crippen LogP contribution >= 0.6 is 11.3 Å². The first-order valence-corrected chi connectivity index (χ1v) is 7.33. The zero-order chi connectivity index (χ0) is 13.2. The summed E-state index contributed by atoms with van der Waals surface area (Å²) in [5.74, 6) is 0.820. The van der Waals surface area contributed by atoms with Gasteiger partial charge < -0.3 is 10.1 Å². The molecule has 1 N–H and O–H groups in total. The van der Waals surface area contributed by atoms with E-state index in [9.17, 15) is 0 Å². The summed E-state index contributed by atoms with van der Waals surface area (Å²) in [5, 5.41) is 13.2. The predicted molar refractivity (Wildman–Crippen MR) is 75.8 cm³/mol. The second kappa shape index (κ2) is 5.27. The molecule has 4 nitrogen and oxygen atoms in total. The monoisotopic (exact) mass is 275 g/mol. The summed E-state index contributed by atoms with van der Waals surface area (Å²) in [4.78, 5) is 0. The van der Waals surface area contributed by atoms with Gasteiger partial charge in [0.15, 0.2) is 0 Å². The quantitative estimate of drug-likeness (QED) is 0.910. The molecule has 0 unspecified atom stereocenters. The van der Waals surface area contributed by atoms with E-state index in [1.54, 1.807) is 0 Å². The average molecular weight is 275 g/mol. The molecule has 0 bridgehead atoms. The van der Waals surface area contributed by atoms with Gasteiger partial charge in [-0.2, -0.15) is 0 Å². The van der Waals surface area contributed by atoms with Crippen LogP contribution in [0.25, 0.3) is 0 Å². The minimum atomic E-state index is 0.607. The van der Waals surface area contributed by atoms with Gasteiger partial charge in [-0.05, 0) is 49.9 Å². The second-order valence-electron chi connectivity index (χ2n) is 4.97. The average Bonchev–Trinajstić information content (AvgIpc) is 3.12. The molecule has 1 saturated carbocycles. The highest BCUT2D eigenvalue weighted by Gasteiger charge is 2.20. The van der Waals surface area contributed by atoms with Gasteiger partial charge in [0.05, 0.1) is 6.54 Å². The summed E-state index contributed by atoms with van der Waals surface area (Å²) in [5.41, 5.74) is 2.48. The first kappa shape index (κ1) is 12.6. The summed E-state index contributed by atoms with van der Waals surface area (Å²) in [6.07, 6.45) is 2.57. The topological polar surface area (TPSA) is 47.0 Å². The summed E-state index contributed by atoms with van der Waals surface area (Å²) in [7, 11) is 0. The van der Waals surface area contributed by atoms with E-state index in [0.717, 1.165) is 17.3 Å². The fourth-order valence-corrected chi connectivity index (χ4v) is 2.41. The fraction of sp³-hybridized carbons (Fsp3) is 0.429. The van der Waals surface area contributed by atoms with Crippen LogP contribution in [0, 0.1) is 13.8 Å². The van der Waals surface area contributed by atoms with Crippen molar-refractivity contribution in [3.63, 3.8) is 0 Å². The highest BCUT2D eigenvalue weighted by Crippen LogP contribution is 2.27. The molecule has 1 fully saturated rings. The van der Waals surface area contributed by atoms with Crippen LogP contribution in [0.3, 0.4) is 0 Å². The van der Waals surface area contributed by atoms with Gasteiger partial charge in [-0.15, -0.1) is 5.10 Å². The molecular formula is C14H17N3OS. The third kappa shape index (κ3) is 3.30. The lowest BCUT2D eigenvalue weighted by atomic mass is 10.1. The van der Waals surface area contributed by atoms with Crippen LogP contribution in [0.15, 0.2) is 18.2 Å². The Morgan fingerprint density at radius 3 is 2.84 bits per heavy atom. The first-order chi connectivity index (χ1) is 9.20. The molecule has 3 rings (SSSR count). The number of hydrogen-bond donors (Lipinski definition) is 1. The van der Waals surface area contributed by atoms with Crippen molar-refractivity contribution in [1.29, 1.82) is 0 Å². The van der Waals surface area contributed by atoms with Gasteiger partial charge in [-0.25, -0.2) is 0 Å². The van der Waals surface area contributed by atoms with E-state index in [-0.39, 0.29) is 0 Å². The van der Waals surface area contributed by atoms with Gasteiger partial charge in [0.1, 0.15) is 10.8 Å². The third-order valence-electron chi connectivity index (χ3n) is 3.25. The van der Waals surface area contributed by atoms with Gasteiger partial charge in [0.2, 0.25) is 0 Å². The number of hydrogen-bond acceptors (Lipinski definition) is 5. The number of ether oxygens (including phenoxy) is 1. The Bertz CT molecular complexity index is 578. The van der Waals surface area contributed by atoms with Crippen LogP contribution < -0.4 is 10.1 Å². The number of nitrogens with one attached hydrogen (secondary N) is 1. The molecule has 5 heteroatoms. The Morgan fingerprint density at radius 2 is 2.11 bits per heavy atom. The predicted octanol–water partition coefficient (Wildman–Crippen LogP) is 3.20. The minimum Gasteiger partial charge on any atom is -0.430 e. The highest BCUT2D eigenvalue weighted by molar-refractivity contribution is 7.13. The van der Waals surface area contributed by atoms with Crippen LogP contribution in [0.4, 0.5) is 0 Å². The minimum absolute atomic E-state index is 0.607. The van der Waals surface area contributed by atoms with Crippen LogP contribution in [0.2, 0.25) is 0 Å². The number of aromatic nitrogens is 2. The van der Waals surface area contributed by atoms with Crippen LogP contribution in [-0.4, -0.2) is 16.2 Å². The van der Waals surface area contributed by atoms with E-state index in [0.29, 0.717) is 11.2 Å². The van der Waals surface area contributed by atoms with Crippen molar-refractivity contribution in [2.45, 2.75) is 39.3 Å². The van der Waals surface area contributed by atoms with Gasteiger partial charge in [0, 0.05) is 6.04 Å². The van der Waals surface area contributed by atoms with Crippen molar-refractivity contribution >= 4 is 11.3 Å². The van der Waals surface area contributed by atoms with Crippen molar-refractivity contribution in [3.8, 4) is 10.9 Å². The lowest BCUT2D eigenvalue weighted by molar-refractivity contribution is 0.472. The first-order valence-electron chi connectivity index (χ1n) is 6.51. The summed E-state index contributed by atoms with van der Waals surface area (Å²) in [6, 6.07) is 6.74. The van der Waals surface area contributed by atoms with Crippen molar-refractivity contribution in [2.24, 2.45) is 0 Å². The molecule has 19 heavy (non-hydrogen) atoms. The number of nitrogens with zero attached hydrogens (tertiary/aromatic N) is 2. The summed E-state index contributed by atoms with van der Waals surface area (Å²) >= 11 is 1.50. The van der Waals surface area contributed by atoms with E-state index in [4.69, 9.17) is 4.74 Å². The molecular weight excluding hydrogens is 258 g/mol. The number of benzene rings is 1. The SMILES string of the molecule is Cc1ccc(Oc2nnc(CNC3CC3)s2)cc1C. The maximum atomic E-state index is 5.73. The Kier molecular flexibility index (Phi) is 3.48. The maximum absolute atomic E-state index is 5.73. The van der Waals surface area contributed by atoms with E-state index in [2.05, 4.69) is 35.4 Å². The van der Waals surface area contributed by atoms with E-state index in [1.165, 1.54) is 35.3 Å². The molecule has 1 aromatic carbocycles. The van der Waals surface area contributed by atoms with Crippen LogP contribution in [-0.2, 0) is 6.54 Å². The molecule has 1 aromatic heterocycles. The van der Waals surface area contributed by atoms with Gasteiger partial charge in [-0.1, -0.05) is 22.5 Å². The van der Waals surface area contributed by atoms with Gasteiger partial charge >= 0.3 is 0 Å². The molecule has 1 aliphatic carbocycles. The molecule has 0 aliphatic heterocycles. The molecule has 0 spiro atoms. The third-order valence-corrected chi connectivity index (χ3v) is 4.05. The Hall–Kier alpha value is -1.46. The zero-order valence-electron chi connectivity index (χ0n) is 11.1. The zero-order valence-corrected chi connectivity index (χ0v) is 12.0. The Labute approximate surface area is 116 Å². The van der Waals surface area contributed by atoms with E-state index < -0.39 is 0 Å². The highest BCUT2D eigenvalue weighted by atomic mass is 32.1. The largest absolute Gasteiger partial charge is 0.430 e. The van der Waals surface area contributed by atoms with E-state index in [1.807, 2.05) is 12.1 Å². The molecule has 0 amide bonds.